The van der Waals surface area contributed by atoms with Crippen LogP contribution in [0.1, 0.15) is 0 Å². The highest BCUT2D eigenvalue weighted by Gasteiger charge is 2.08. The van der Waals surface area contributed by atoms with Crippen molar-refractivity contribution in [2.45, 2.75) is 6.54 Å². The molecule has 0 aliphatic heterocycles. The zero-order valence-electron chi connectivity index (χ0n) is 9.76. The molecule has 0 bridgehead atoms. The summed E-state index contributed by atoms with van der Waals surface area (Å²) in [6.07, 6.45) is 3.34. The molecule has 1 aromatic heterocycles. The van der Waals surface area contributed by atoms with Gasteiger partial charge in [-0.05, 0) is 24.3 Å². The van der Waals surface area contributed by atoms with E-state index >= 15 is 0 Å². The molecule has 1 aromatic carbocycles. The number of amides is 1. The van der Waals surface area contributed by atoms with Crippen molar-refractivity contribution in [3.63, 3.8) is 0 Å². The van der Waals surface area contributed by atoms with E-state index in [0.717, 1.165) is 0 Å². The van der Waals surface area contributed by atoms with E-state index in [1.807, 2.05) is 0 Å². The fourth-order valence-electron chi connectivity index (χ4n) is 1.51. The molecule has 0 saturated heterocycles. The van der Waals surface area contributed by atoms with Gasteiger partial charge in [0.1, 0.15) is 12.3 Å². The SMILES string of the molecule is COc1ccc(Cl)cc1NC(=O)Cn1cccn1. The number of carbonyl (C=O) groups excluding carboxylic acids is 1. The number of methoxy groups -OCH3 is 1. The van der Waals surface area contributed by atoms with Gasteiger partial charge in [0, 0.05) is 17.4 Å². The molecule has 0 aliphatic rings. The minimum atomic E-state index is -0.195. The quantitative estimate of drug-likeness (QED) is 0.922. The lowest BCUT2D eigenvalue weighted by molar-refractivity contribution is -0.116. The number of nitrogens with zero attached hydrogens (tertiary/aromatic N) is 2. The second-order valence-corrected chi connectivity index (χ2v) is 4.03. The number of carbonyl (C=O) groups is 1. The molecular weight excluding hydrogens is 254 g/mol. The summed E-state index contributed by atoms with van der Waals surface area (Å²) in [6.45, 7) is 0.142. The number of halogens is 1. The number of anilines is 1. The highest BCUT2D eigenvalue weighted by molar-refractivity contribution is 6.31. The maximum absolute atomic E-state index is 11.8. The Kier molecular flexibility index (Phi) is 3.84. The summed E-state index contributed by atoms with van der Waals surface area (Å²) in [6, 6.07) is 6.80. The van der Waals surface area contributed by atoms with Gasteiger partial charge in [0.05, 0.1) is 12.8 Å². The van der Waals surface area contributed by atoms with Crippen LogP contribution in [0.3, 0.4) is 0 Å². The molecule has 5 nitrogen and oxygen atoms in total. The van der Waals surface area contributed by atoms with E-state index in [-0.39, 0.29) is 12.5 Å². The van der Waals surface area contributed by atoms with Gasteiger partial charge in [-0.1, -0.05) is 11.6 Å². The van der Waals surface area contributed by atoms with Gasteiger partial charge in [0.2, 0.25) is 5.91 Å². The van der Waals surface area contributed by atoms with Crippen LogP contribution in [0.4, 0.5) is 5.69 Å². The first-order valence-corrected chi connectivity index (χ1v) is 5.67. The van der Waals surface area contributed by atoms with Gasteiger partial charge in [0.25, 0.3) is 0 Å². The molecule has 18 heavy (non-hydrogen) atoms. The zero-order valence-corrected chi connectivity index (χ0v) is 10.5. The molecule has 0 spiro atoms. The highest BCUT2D eigenvalue weighted by Crippen LogP contribution is 2.27. The predicted octanol–water partition coefficient (Wildman–Crippen LogP) is 2.18. The third kappa shape index (κ3) is 3.01. The van der Waals surface area contributed by atoms with Crippen molar-refractivity contribution < 1.29 is 9.53 Å². The first-order valence-electron chi connectivity index (χ1n) is 5.30. The van der Waals surface area contributed by atoms with Crippen LogP contribution >= 0.6 is 11.6 Å². The normalized spacial score (nSPS) is 10.1. The van der Waals surface area contributed by atoms with E-state index in [1.54, 1.807) is 36.7 Å². The van der Waals surface area contributed by atoms with E-state index in [1.165, 1.54) is 11.8 Å². The summed E-state index contributed by atoms with van der Waals surface area (Å²) < 4.78 is 6.67. The number of aromatic nitrogens is 2. The second-order valence-electron chi connectivity index (χ2n) is 3.60. The molecule has 0 unspecified atom stereocenters. The van der Waals surface area contributed by atoms with Crippen molar-refractivity contribution >= 4 is 23.2 Å². The number of rotatable bonds is 4. The van der Waals surface area contributed by atoms with Crippen molar-refractivity contribution in [1.29, 1.82) is 0 Å². The molecule has 0 atom stereocenters. The molecular formula is C12H12ClN3O2. The monoisotopic (exact) mass is 265 g/mol. The van der Waals surface area contributed by atoms with Crippen LogP contribution in [-0.4, -0.2) is 22.8 Å². The lowest BCUT2D eigenvalue weighted by Crippen LogP contribution is -2.19. The topological polar surface area (TPSA) is 56.1 Å². The van der Waals surface area contributed by atoms with E-state index in [4.69, 9.17) is 16.3 Å². The van der Waals surface area contributed by atoms with Crippen LogP contribution in [0.25, 0.3) is 0 Å². The van der Waals surface area contributed by atoms with Crippen LogP contribution < -0.4 is 10.1 Å². The Balaban J connectivity index is 2.08. The maximum Gasteiger partial charge on any atom is 0.246 e. The number of benzene rings is 1. The lowest BCUT2D eigenvalue weighted by Gasteiger charge is -2.10. The molecule has 1 N–H and O–H groups in total. The van der Waals surface area contributed by atoms with Crippen LogP contribution in [0.15, 0.2) is 36.7 Å². The van der Waals surface area contributed by atoms with Gasteiger partial charge < -0.3 is 10.1 Å². The van der Waals surface area contributed by atoms with Gasteiger partial charge in [-0.3, -0.25) is 9.48 Å². The average Bonchev–Trinajstić information content (AvgIpc) is 2.82. The molecule has 2 aromatic rings. The van der Waals surface area contributed by atoms with Gasteiger partial charge in [-0.2, -0.15) is 5.10 Å². The third-order valence-electron chi connectivity index (χ3n) is 2.30. The maximum atomic E-state index is 11.8. The Morgan fingerprint density at radius 2 is 2.39 bits per heavy atom. The molecule has 0 radical (unpaired) electrons. The first kappa shape index (κ1) is 12.4. The number of ether oxygens (including phenoxy) is 1. The minimum absolute atomic E-state index is 0.142. The number of hydrogen-bond donors (Lipinski definition) is 1. The second kappa shape index (κ2) is 5.55. The van der Waals surface area contributed by atoms with Gasteiger partial charge >= 0.3 is 0 Å². The minimum Gasteiger partial charge on any atom is -0.495 e. The van der Waals surface area contributed by atoms with Crippen LogP contribution in [0.2, 0.25) is 5.02 Å². The predicted molar refractivity (Wildman–Crippen MR) is 68.9 cm³/mol. The lowest BCUT2D eigenvalue weighted by atomic mass is 10.3. The van der Waals surface area contributed by atoms with Crippen LogP contribution in [-0.2, 0) is 11.3 Å². The summed E-state index contributed by atoms with van der Waals surface area (Å²) in [5.41, 5.74) is 0.544. The van der Waals surface area contributed by atoms with Crippen molar-refractivity contribution in [3.8, 4) is 5.75 Å². The Morgan fingerprint density at radius 3 is 3.06 bits per heavy atom. The molecule has 1 amide bonds. The van der Waals surface area contributed by atoms with E-state index in [9.17, 15) is 4.79 Å². The molecule has 0 fully saturated rings. The molecule has 0 saturated carbocycles. The fourth-order valence-corrected chi connectivity index (χ4v) is 1.68. The number of hydrogen-bond acceptors (Lipinski definition) is 3. The summed E-state index contributed by atoms with van der Waals surface area (Å²) in [7, 11) is 1.53. The molecule has 1 heterocycles. The van der Waals surface area contributed by atoms with Crippen LogP contribution in [0, 0.1) is 0 Å². The standard InChI is InChI=1S/C12H12ClN3O2/c1-18-11-4-3-9(13)7-10(11)15-12(17)8-16-6-2-5-14-16/h2-7H,8H2,1H3,(H,15,17). The summed E-state index contributed by atoms with van der Waals surface area (Å²) in [4.78, 5) is 11.8. The molecule has 94 valence electrons. The van der Waals surface area contributed by atoms with Crippen molar-refractivity contribution in [1.82, 2.24) is 9.78 Å². The third-order valence-corrected chi connectivity index (χ3v) is 2.54. The Bertz CT molecular complexity index is 540. The first-order chi connectivity index (χ1) is 8.69. The van der Waals surface area contributed by atoms with E-state index < -0.39 is 0 Å². The summed E-state index contributed by atoms with van der Waals surface area (Å²) in [5, 5.41) is 7.22. The van der Waals surface area contributed by atoms with E-state index in [2.05, 4.69) is 10.4 Å². The molecule has 2 rings (SSSR count). The number of nitrogens with one attached hydrogen (secondary N) is 1. The Morgan fingerprint density at radius 1 is 1.56 bits per heavy atom. The highest BCUT2D eigenvalue weighted by atomic mass is 35.5. The van der Waals surface area contributed by atoms with Gasteiger partial charge in [-0.15, -0.1) is 0 Å². The van der Waals surface area contributed by atoms with Crippen molar-refractivity contribution in [2.75, 3.05) is 12.4 Å². The fraction of sp³-hybridized carbons (Fsp3) is 0.167. The largest absolute Gasteiger partial charge is 0.495 e. The molecule has 0 aliphatic carbocycles. The summed E-state index contributed by atoms with van der Waals surface area (Å²) in [5.74, 6) is 0.368. The van der Waals surface area contributed by atoms with Gasteiger partial charge in [0.15, 0.2) is 0 Å². The van der Waals surface area contributed by atoms with Crippen molar-refractivity contribution in [3.05, 3.63) is 41.7 Å². The summed E-state index contributed by atoms with van der Waals surface area (Å²) >= 11 is 5.88. The van der Waals surface area contributed by atoms with E-state index in [0.29, 0.717) is 16.5 Å². The Labute approximate surface area is 109 Å². The zero-order chi connectivity index (χ0) is 13.0. The average molecular weight is 266 g/mol. The van der Waals surface area contributed by atoms with Gasteiger partial charge in [-0.25, -0.2) is 0 Å². The smallest absolute Gasteiger partial charge is 0.246 e. The molecule has 6 heteroatoms. The Hall–Kier alpha value is -2.01. The van der Waals surface area contributed by atoms with Crippen molar-refractivity contribution in [2.24, 2.45) is 0 Å². The van der Waals surface area contributed by atoms with Crippen LogP contribution in [0.5, 0.6) is 5.75 Å².